The van der Waals surface area contributed by atoms with Gasteiger partial charge in [0.15, 0.2) is 17.3 Å². The standard InChI is InChI=1S/C21H22FNO4/c1-26-16-8-3-6-14(12-16)19(24)15-7-5-11-23(13-15)21(25)17-9-4-10-18(22)20(17)27-2/h3-4,6,8-10,12,15H,5,7,11,13H2,1-2H3/t15-/m0/s1. The second-order valence-electron chi connectivity index (χ2n) is 6.51. The molecular formula is C21H22FNO4. The van der Waals surface area contributed by atoms with Gasteiger partial charge < -0.3 is 14.4 Å². The number of Topliss-reactive ketones (excluding diaryl/α,β-unsaturated/α-hetero) is 1. The maximum Gasteiger partial charge on any atom is 0.257 e. The molecule has 2 aromatic carbocycles. The van der Waals surface area contributed by atoms with Crippen LogP contribution >= 0.6 is 0 Å². The number of hydrogen-bond acceptors (Lipinski definition) is 4. The highest BCUT2D eigenvalue weighted by Gasteiger charge is 2.31. The molecule has 0 N–H and O–H groups in total. The summed E-state index contributed by atoms with van der Waals surface area (Å²) in [7, 11) is 2.89. The first kappa shape index (κ1) is 18.9. The van der Waals surface area contributed by atoms with E-state index in [9.17, 15) is 14.0 Å². The third kappa shape index (κ3) is 3.94. The average molecular weight is 371 g/mol. The van der Waals surface area contributed by atoms with Gasteiger partial charge in [-0.05, 0) is 37.1 Å². The average Bonchev–Trinajstić information content (AvgIpc) is 2.72. The van der Waals surface area contributed by atoms with Crippen LogP contribution in [0.2, 0.25) is 0 Å². The number of ether oxygens (including phenoxy) is 2. The summed E-state index contributed by atoms with van der Waals surface area (Å²) in [5.74, 6) is -0.663. The largest absolute Gasteiger partial charge is 0.497 e. The molecule has 0 radical (unpaired) electrons. The lowest BCUT2D eigenvalue weighted by molar-refractivity contribution is 0.0633. The number of ketones is 1. The predicted octanol–water partition coefficient (Wildman–Crippen LogP) is 3.58. The maximum atomic E-state index is 13.9. The van der Waals surface area contributed by atoms with Gasteiger partial charge in [-0.15, -0.1) is 0 Å². The van der Waals surface area contributed by atoms with Gasteiger partial charge in [0.25, 0.3) is 5.91 Å². The van der Waals surface area contributed by atoms with Crippen LogP contribution in [-0.4, -0.2) is 43.9 Å². The van der Waals surface area contributed by atoms with E-state index in [1.165, 1.54) is 25.3 Å². The number of carbonyl (C=O) groups is 2. The van der Waals surface area contributed by atoms with E-state index < -0.39 is 5.82 Å². The van der Waals surface area contributed by atoms with Crippen molar-refractivity contribution in [1.82, 2.24) is 4.90 Å². The van der Waals surface area contributed by atoms with Crippen LogP contribution < -0.4 is 9.47 Å². The number of likely N-dealkylation sites (tertiary alicyclic amines) is 1. The Bertz CT molecular complexity index is 852. The first-order valence-electron chi connectivity index (χ1n) is 8.85. The van der Waals surface area contributed by atoms with Crippen LogP contribution in [-0.2, 0) is 0 Å². The molecule has 0 spiro atoms. The first-order valence-corrected chi connectivity index (χ1v) is 8.85. The number of halogens is 1. The van der Waals surface area contributed by atoms with E-state index in [1.54, 1.807) is 36.3 Å². The van der Waals surface area contributed by atoms with Gasteiger partial charge in [0.05, 0.1) is 19.8 Å². The van der Waals surface area contributed by atoms with Gasteiger partial charge in [-0.3, -0.25) is 9.59 Å². The van der Waals surface area contributed by atoms with Crippen molar-refractivity contribution in [3.05, 3.63) is 59.4 Å². The maximum absolute atomic E-state index is 13.9. The first-order chi connectivity index (χ1) is 13.0. The molecule has 3 rings (SSSR count). The molecule has 0 aliphatic carbocycles. The summed E-state index contributed by atoms with van der Waals surface area (Å²) in [5.41, 5.74) is 0.740. The molecule has 6 heteroatoms. The van der Waals surface area contributed by atoms with Crippen molar-refractivity contribution in [2.75, 3.05) is 27.3 Å². The zero-order chi connectivity index (χ0) is 19.4. The van der Waals surface area contributed by atoms with Crippen LogP contribution in [0.3, 0.4) is 0 Å². The highest BCUT2D eigenvalue weighted by atomic mass is 19.1. The number of methoxy groups -OCH3 is 2. The molecule has 0 unspecified atom stereocenters. The molecule has 2 aromatic rings. The molecule has 1 aliphatic rings. The quantitative estimate of drug-likeness (QED) is 0.754. The molecule has 1 fully saturated rings. The van der Waals surface area contributed by atoms with Crippen molar-refractivity contribution in [2.24, 2.45) is 5.92 Å². The summed E-state index contributed by atoms with van der Waals surface area (Å²) in [6, 6.07) is 11.3. The normalized spacial score (nSPS) is 16.7. The van der Waals surface area contributed by atoms with Gasteiger partial charge in [-0.2, -0.15) is 0 Å². The fourth-order valence-corrected chi connectivity index (χ4v) is 3.44. The minimum atomic E-state index is -0.579. The Morgan fingerprint density at radius 2 is 1.89 bits per heavy atom. The summed E-state index contributed by atoms with van der Waals surface area (Å²) in [4.78, 5) is 27.4. The number of nitrogens with zero attached hydrogens (tertiary/aromatic N) is 1. The van der Waals surface area contributed by atoms with Gasteiger partial charge in [-0.25, -0.2) is 4.39 Å². The highest BCUT2D eigenvalue weighted by molar-refractivity contribution is 6.00. The summed E-state index contributed by atoms with van der Waals surface area (Å²) >= 11 is 0. The molecule has 27 heavy (non-hydrogen) atoms. The zero-order valence-corrected chi connectivity index (χ0v) is 15.4. The fraction of sp³-hybridized carbons (Fsp3) is 0.333. The van der Waals surface area contributed by atoms with Crippen LogP contribution in [0.5, 0.6) is 11.5 Å². The summed E-state index contributed by atoms with van der Waals surface area (Å²) in [5, 5.41) is 0. The van der Waals surface area contributed by atoms with E-state index in [1.807, 2.05) is 0 Å². The minimum Gasteiger partial charge on any atom is -0.497 e. The Kier molecular flexibility index (Phi) is 5.74. The molecule has 5 nitrogen and oxygen atoms in total. The van der Waals surface area contributed by atoms with E-state index >= 15 is 0 Å². The topological polar surface area (TPSA) is 55.8 Å². The van der Waals surface area contributed by atoms with E-state index in [0.717, 1.165) is 0 Å². The van der Waals surface area contributed by atoms with Gasteiger partial charge in [0.2, 0.25) is 0 Å². The molecule has 1 amide bonds. The second-order valence-corrected chi connectivity index (χ2v) is 6.51. The molecule has 0 saturated carbocycles. The Labute approximate surface area is 157 Å². The molecule has 1 saturated heterocycles. The third-order valence-electron chi connectivity index (χ3n) is 4.84. The smallest absolute Gasteiger partial charge is 0.257 e. The van der Waals surface area contributed by atoms with Crippen molar-refractivity contribution in [3.8, 4) is 11.5 Å². The van der Waals surface area contributed by atoms with Crippen molar-refractivity contribution in [3.63, 3.8) is 0 Å². The number of rotatable bonds is 5. The molecular weight excluding hydrogens is 349 g/mol. The fourth-order valence-electron chi connectivity index (χ4n) is 3.44. The summed E-state index contributed by atoms with van der Waals surface area (Å²) in [6.45, 7) is 0.828. The summed E-state index contributed by atoms with van der Waals surface area (Å²) in [6.07, 6.45) is 1.42. The lowest BCUT2D eigenvalue weighted by Gasteiger charge is -2.32. The van der Waals surface area contributed by atoms with Gasteiger partial charge >= 0.3 is 0 Å². The van der Waals surface area contributed by atoms with E-state index in [0.29, 0.717) is 37.2 Å². The van der Waals surface area contributed by atoms with Gasteiger partial charge in [-0.1, -0.05) is 18.2 Å². The zero-order valence-electron chi connectivity index (χ0n) is 15.4. The van der Waals surface area contributed by atoms with E-state index in [4.69, 9.17) is 9.47 Å². The van der Waals surface area contributed by atoms with E-state index in [2.05, 4.69) is 0 Å². The molecule has 1 aliphatic heterocycles. The Hall–Kier alpha value is -2.89. The van der Waals surface area contributed by atoms with Crippen molar-refractivity contribution in [1.29, 1.82) is 0 Å². The van der Waals surface area contributed by atoms with Gasteiger partial charge in [0.1, 0.15) is 5.75 Å². The Balaban J connectivity index is 1.79. The second kappa shape index (κ2) is 8.20. The predicted molar refractivity (Wildman–Crippen MR) is 98.9 cm³/mol. The van der Waals surface area contributed by atoms with Crippen molar-refractivity contribution in [2.45, 2.75) is 12.8 Å². The van der Waals surface area contributed by atoms with E-state index in [-0.39, 0.29) is 28.9 Å². The number of benzene rings is 2. The molecule has 1 heterocycles. The SMILES string of the molecule is COc1cccc(C(=O)[C@H]2CCCN(C(=O)c3cccc(F)c3OC)C2)c1. The Morgan fingerprint density at radius 3 is 2.63 bits per heavy atom. The van der Waals surface area contributed by atoms with Crippen molar-refractivity contribution >= 4 is 11.7 Å². The van der Waals surface area contributed by atoms with Crippen LogP contribution in [0.25, 0.3) is 0 Å². The molecule has 0 aromatic heterocycles. The van der Waals surface area contributed by atoms with Crippen LogP contribution in [0.1, 0.15) is 33.6 Å². The van der Waals surface area contributed by atoms with Crippen molar-refractivity contribution < 1.29 is 23.5 Å². The third-order valence-corrected chi connectivity index (χ3v) is 4.84. The monoisotopic (exact) mass is 371 g/mol. The lowest BCUT2D eigenvalue weighted by Crippen LogP contribution is -2.42. The molecule has 1 atom stereocenters. The number of carbonyl (C=O) groups excluding carboxylic acids is 2. The lowest BCUT2D eigenvalue weighted by atomic mass is 9.89. The number of amides is 1. The number of para-hydroxylation sites is 1. The van der Waals surface area contributed by atoms with Crippen LogP contribution in [0.15, 0.2) is 42.5 Å². The van der Waals surface area contributed by atoms with Gasteiger partial charge in [0, 0.05) is 24.6 Å². The molecule has 0 bridgehead atoms. The number of hydrogen-bond donors (Lipinski definition) is 0. The Morgan fingerprint density at radius 1 is 1.11 bits per heavy atom. The minimum absolute atomic E-state index is 0.0161. The highest BCUT2D eigenvalue weighted by Crippen LogP contribution is 2.27. The molecule has 142 valence electrons. The van der Waals surface area contributed by atoms with Crippen LogP contribution in [0.4, 0.5) is 4.39 Å². The summed E-state index contributed by atoms with van der Waals surface area (Å²) < 4.78 is 24.1. The van der Waals surface area contributed by atoms with Crippen LogP contribution in [0, 0.1) is 11.7 Å². The number of piperidine rings is 1.